The molecule has 0 unspecified atom stereocenters. The van der Waals surface area contributed by atoms with Crippen molar-refractivity contribution in [3.63, 3.8) is 0 Å². The van der Waals surface area contributed by atoms with E-state index in [1.54, 1.807) is 36.3 Å². The second-order valence-corrected chi connectivity index (χ2v) is 9.24. The number of amides is 1. The van der Waals surface area contributed by atoms with E-state index in [0.29, 0.717) is 50.3 Å². The lowest BCUT2D eigenvalue weighted by Crippen LogP contribution is -2.37. The van der Waals surface area contributed by atoms with Crippen LogP contribution in [0, 0.1) is 6.92 Å². The maximum atomic E-state index is 12.9. The van der Waals surface area contributed by atoms with Gasteiger partial charge in [0.25, 0.3) is 0 Å². The molecule has 1 fully saturated rings. The molecule has 0 aliphatic carbocycles. The van der Waals surface area contributed by atoms with Crippen LogP contribution in [0.1, 0.15) is 24.0 Å². The predicted molar refractivity (Wildman–Crippen MR) is 112 cm³/mol. The van der Waals surface area contributed by atoms with Gasteiger partial charge in [-0.25, -0.2) is 8.42 Å². The van der Waals surface area contributed by atoms with E-state index < -0.39 is 10.0 Å². The van der Waals surface area contributed by atoms with Crippen molar-refractivity contribution in [2.45, 2.75) is 31.1 Å². The molecule has 29 heavy (non-hydrogen) atoms. The predicted octanol–water partition coefficient (Wildman–Crippen LogP) is 2.86. The molecule has 0 atom stereocenters. The first-order chi connectivity index (χ1) is 13.9. The SMILES string of the molecule is COc1cccc(CCC(=O)N2CCCN(S(=O)(=O)c3ccc(C)cc3)CC2)c1. The highest BCUT2D eigenvalue weighted by Crippen LogP contribution is 2.19. The summed E-state index contributed by atoms with van der Waals surface area (Å²) in [5.74, 6) is 0.837. The van der Waals surface area contributed by atoms with Crippen LogP contribution in [0.5, 0.6) is 5.75 Å². The van der Waals surface area contributed by atoms with E-state index in [4.69, 9.17) is 4.74 Å². The van der Waals surface area contributed by atoms with Crippen LogP contribution >= 0.6 is 0 Å². The third-order valence-electron chi connectivity index (χ3n) is 5.23. The van der Waals surface area contributed by atoms with Gasteiger partial charge in [-0.05, 0) is 49.6 Å². The molecule has 1 amide bonds. The van der Waals surface area contributed by atoms with Crippen LogP contribution in [0.4, 0.5) is 0 Å². The molecule has 0 aromatic heterocycles. The fourth-order valence-electron chi connectivity index (χ4n) is 3.48. The second kappa shape index (κ2) is 9.41. The summed E-state index contributed by atoms with van der Waals surface area (Å²) in [6.07, 6.45) is 1.67. The van der Waals surface area contributed by atoms with Crippen LogP contribution in [-0.4, -0.2) is 56.8 Å². The number of benzene rings is 2. The molecule has 0 spiro atoms. The Morgan fingerprint density at radius 2 is 1.79 bits per heavy atom. The summed E-state index contributed by atoms with van der Waals surface area (Å²) in [5, 5.41) is 0. The number of ether oxygens (including phenoxy) is 1. The van der Waals surface area contributed by atoms with E-state index in [0.717, 1.165) is 16.9 Å². The van der Waals surface area contributed by atoms with Gasteiger partial charge in [0.1, 0.15) is 5.75 Å². The van der Waals surface area contributed by atoms with Crippen LogP contribution in [0.15, 0.2) is 53.4 Å². The largest absolute Gasteiger partial charge is 0.497 e. The first kappa shape index (κ1) is 21.3. The van der Waals surface area contributed by atoms with Crippen molar-refractivity contribution >= 4 is 15.9 Å². The van der Waals surface area contributed by atoms with Crippen molar-refractivity contribution in [2.24, 2.45) is 0 Å². The van der Waals surface area contributed by atoms with Gasteiger partial charge in [-0.2, -0.15) is 4.31 Å². The summed E-state index contributed by atoms with van der Waals surface area (Å²) in [6, 6.07) is 14.6. The van der Waals surface area contributed by atoms with Gasteiger partial charge >= 0.3 is 0 Å². The highest BCUT2D eigenvalue weighted by atomic mass is 32.2. The normalized spacial score (nSPS) is 15.7. The number of methoxy groups -OCH3 is 1. The van der Waals surface area contributed by atoms with E-state index in [-0.39, 0.29) is 5.91 Å². The minimum Gasteiger partial charge on any atom is -0.497 e. The minimum atomic E-state index is -3.53. The van der Waals surface area contributed by atoms with Gasteiger partial charge in [-0.1, -0.05) is 29.8 Å². The molecule has 2 aromatic carbocycles. The zero-order valence-electron chi connectivity index (χ0n) is 17.0. The Bertz CT molecular complexity index is 942. The molecule has 0 bridgehead atoms. The zero-order chi connectivity index (χ0) is 20.9. The number of rotatable bonds is 6. The van der Waals surface area contributed by atoms with Gasteiger partial charge in [0.2, 0.25) is 15.9 Å². The lowest BCUT2D eigenvalue weighted by Gasteiger charge is -2.22. The number of hydrogen-bond donors (Lipinski definition) is 0. The molecule has 156 valence electrons. The molecular formula is C22H28N2O4S. The highest BCUT2D eigenvalue weighted by molar-refractivity contribution is 7.89. The summed E-state index contributed by atoms with van der Waals surface area (Å²) < 4.78 is 32.5. The van der Waals surface area contributed by atoms with Gasteiger partial charge in [0.05, 0.1) is 12.0 Å². The maximum absolute atomic E-state index is 12.9. The zero-order valence-corrected chi connectivity index (χ0v) is 17.8. The minimum absolute atomic E-state index is 0.0578. The molecule has 1 saturated heterocycles. The topological polar surface area (TPSA) is 66.9 Å². The summed E-state index contributed by atoms with van der Waals surface area (Å²) in [5.41, 5.74) is 2.07. The Labute approximate surface area is 173 Å². The van der Waals surface area contributed by atoms with E-state index in [1.807, 2.05) is 31.2 Å². The first-order valence-electron chi connectivity index (χ1n) is 9.87. The van der Waals surface area contributed by atoms with E-state index in [1.165, 1.54) is 4.31 Å². The Kier molecular flexibility index (Phi) is 6.92. The summed E-state index contributed by atoms with van der Waals surface area (Å²) in [4.78, 5) is 14.8. The monoisotopic (exact) mass is 416 g/mol. The maximum Gasteiger partial charge on any atom is 0.243 e. The molecule has 0 saturated carbocycles. The average Bonchev–Trinajstić information content (AvgIpc) is 2.99. The molecule has 0 radical (unpaired) electrons. The van der Waals surface area contributed by atoms with Crippen molar-refractivity contribution in [1.82, 2.24) is 9.21 Å². The third-order valence-corrected chi connectivity index (χ3v) is 7.14. The molecule has 1 heterocycles. The van der Waals surface area contributed by atoms with Gasteiger partial charge in [0.15, 0.2) is 0 Å². The smallest absolute Gasteiger partial charge is 0.243 e. The van der Waals surface area contributed by atoms with Gasteiger partial charge < -0.3 is 9.64 Å². The van der Waals surface area contributed by atoms with Gasteiger partial charge in [-0.3, -0.25) is 4.79 Å². The van der Waals surface area contributed by atoms with Crippen molar-refractivity contribution in [1.29, 1.82) is 0 Å². The van der Waals surface area contributed by atoms with Gasteiger partial charge in [0, 0.05) is 32.6 Å². The Hall–Kier alpha value is -2.38. The lowest BCUT2D eigenvalue weighted by molar-refractivity contribution is -0.131. The van der Waals surface area contributed by atoms with Crippen molar-refractivity contribution in [3.05, 3.63) is 59.7 Å². The number of sulfonamides is 1. The fourth-order valence-corrected chi connectivity index (χ4v) is 4.95. The Balaban J connectivity index is 1.58. The number of carbonyl (C=O) groups is 1. The number of nitrogens with zero attached hydrogens (tertiary/aromatic N) is 2. The highest BCUT2D eigenvalue weighted by Gasteiger charge is 2.28. The third kappa shape index (κ3) is 5.36. The van der Waals surface area contributed by atoms with Crippen molar-refractivity contribution < 1.29 is 17.9 Å². The van der Waals surface area contributed by atoms with Crippen molar-refractivity contribution in [2.75, 3.05) is 33.3 Å². The summed E-state index contributed by atoms with van der Waals surface area (Å²) >= 11 is 0. The molecule has 6 nitrogen and oxygen atoms in total. The Morgan fingerprint density at radius 3 is 2.52 bits per heavy atom. The number of hydrogen-bond acceptors (Lipinski definition) is 4. The number of aryl methyl sites for hydroxylation is 2. The average molecular weight is 417 g/mol. The fraction of sp³-hybridized carbons (Fsp3) is 0.409. The molecule has 0 N–H and O–H groups in total. The molecule has 3 rings (SSSR count). The van der Waals surface area contributed by atoms with Crippen LogP contribution < -0.4 is 4.74 Å². The van der Waals surface area contributed by atoms with E-state index in [2.05, 4.69) is 0 Å². The molecular weight excluding hydrogens is 388 g/mol. The quantitative estimate of drug-likeness (QED) is 0.726. The number of carbonyl (C=O) groups excluding carboxylic acids is 1. The van der Waals surface area contributed by atoms with Crippen LogP contribution in [0.3, 0.4) is 0 Å². The molecule has 1 aliphatic rings. The van der Waals surface area contributed by atoms with Crippen LogP contribution in [0.25, 0.3) is 0 Å². The second-order valence-electron chi connectivity index (χ2n) is 7.30. The van der Waals surface area contributed by atoms with Crippen molar-refractivity contribution in [3.8, 4) is 5.75 Å². The van der Waals surface area contributed by atoms with E-state index in [9.17, 15) is 13.2 Å². The Morgan fingerprint density at radius 1 is 1.03 bits per heavy atom. The van der Waals surface area contributed by atoms with Crippen LogP contribution in [0.2, 0.25) is 0 Å². The summed E-state index contributed by atoms with van der Waals surface area (Å²) in [7, 11) is -1.91. The van der Waals surface area contributed by atoms with E-state index >= 15 is 0 Å². The molecule has 1 aliphatic heterocycles. The lowest BCUT2D eigenvalue weighted by atomic mass is 10.1. The molecule has 7 heteroatoms. The summed E-state index contributed by atoms with van der Waals surface area (Å²) in [6.45, 7) is 3.67. The van der Waals surface area contributed by atoms with Crippen LogP contribution in [-0.2, 0) is 21.2 Å². The standard InChI is InChI=1S/C22H28N2O4S/c1-18-7-10-21(11-8-18)29(26,27)24-14-4-13-23(15-16-24)22(25)12-9-19-5-3-6-20(17-19)28-2/h3,5-8,10-11,17H,4,9,12-16H2,1-2H3. The first-order valence-corrected chi connectivity index (χ1v) is 11.3. The van der Waals surface area contributed by atoms with Gasteiger partial charge in [-0.15, -0.1) is 0 Å². The molecule has 2 aromatic rings.